The zero-order chi connectivity index (χ0) is 22.7. The molecule has 0 aliphatic carbocycles. The maximum absolute atomic E-state index is 12.3. The lowest BCUT2D eigenvalue weighted by atomic mass is 9.87. The Hall–Kier alpha value is -2.76. The number of anilines is 1. The fourth-order valence-corrected chi connectivity index (χ4v) is 4.54. The van der Waals surface area contributed by atoms with E-state index < -0.39 is 6.09 Å². The van der Waals surface area contributed by atoms with Gasteiger partial charge in [0.1, 0.15) is 5.75 Å². The van der Waals surface area contributed by atoms with Crippen molar-refractivity contribution in [3.8, 4) is 5.75 Å². The highest BCUT2D eigenvalue weighted by Gasteiger charge is 2.35. The number of nitrogens with zero attached hydrogens (tertiary/aromatic N) is 2. The maximum Gasteiger partial charge on any atom is 0.412 e. The van der Waals surface area contributed by atoms with E-state index in [4.69, 9.17) is 27.9 Å². The van der Waals surface area contributed by atoms with Crippen LogP contribution in [0, 0.1) is 0 Å². The zero-order valence-corrected chi connectivity index (χ0v) is 19.6. The number of carbonyl (C=O) groups is 1. The van der Waals surface area contributed by atoms with Crippen LogP contribution in [0.2, 0.25) is 10.0 Å². The molecule has 0 saturated carbocycles. The van der Waals surface area contributed by atoms with Crippen LogP contribution in [0.5, 0.6) is 5.75 Å². The van der Waals surface area contributed by atoms with Crippen molar-refractivity contribution in [3.63, 3.8) is 0 Å². The molecule has 3 aromatic rings. The van der Waals surface area contributed by atoms with E-state index in [0.29, 0.717) is 28.8 Å². The molecule has 0 unspecified atom stereocenters. The highest BCUT2D eigenvalue weighted by Crippen LogP contribution is 2.42. The van der Waals surface area contributed by atoms with E-state index in [-0.39, 0.29) is 5.41 Å². The van der Waals surface area contributed by atoms with Gasteiger partial charge in [-0.1, -0.05) is 49.2 Å². The summed E-state index contributed by atoms with van der Waals surface area (Å²) < 4.78 is 5.54. The smallest absolute Gasteiger partial charge is 0.410 e. The van der Waals surface area contributed by atoms with Crippen LogP contribution in [-0.2, 0) is 18.4 Å². The van der Waals surface area contributed by atoms with Crippen LogP contribution in [0.1, 0.15) is 30.7 Å². The first-order valence-electron chi connectivity index (χ1n) is 10.5. The van der Waals surface area contributed by atoms with Gasteiger partial charge in [-0.05, 0) is 60.0 Å². The summed E-state index contributed by atoms with van der Waals surface area (Å²) in [6.45, 7) is 6.42. The molecule has 2 aromatic carbocycles. The molecule has 1 aliphatic heterocycles. The first kappa shape index (κ1) is 22.4. The number of hydrogen-bond acceptors (Lipinski definition) is 4. The van der Waals surface area contributed by atoms with E-state index >= 15 is 0 Å². The Kier molecular flexibility index (Phi) is 6.58. The number of pyridine rings is 1. The fourth-order valence-electron chi connectivity index (χ4n) is 4.04. The number of hydrogen-bond donors (Lipinski definition) is 1. The van der Waals surface area contributed by atoms with Crippen LogP contribution < -0.4 is 15.0 Å². The summed E-state index contributed by atoms with van der Waals surface area (Å²) in [7, 11) is 0. The molecular formula is C25H25Cl2N3O2. The molecule has 0 bridgehead atoms. The average Bonchev–Trinajstić information content (AvgIpc) is 3.00. The Balaban J connectivity index is 1.38. The molecule has 166 valence electrons. The summed E-state index contributed by atoms with van der Waals surface area (Å²) in [5, 5.41) is 3.95. The van der Waals surface area contributed by atoms with Crippen molar-refractivity contribution in [1.82, 2.24) is 10.3 Å². The van der Waals surface area contributed by atoms with Gasteiger partial charge in [0.2, 0.25) is 0 Å². The minimum atomic E-state index is -0.490. The van der Waals surface area contributed by atoms with Crippen molar-refractivity contribution in [2.75, 3.05) is 18.0 Å². The molecule has 4 rings (SSSR count). The first-order valence-corrected chi connectivity index (χ1v) is 11.3. The van der Waals surface area contributed by atoms with E-state index in [2.05, 4.69) is 29.0 Å². The number of ether oxygens (including phenoxy) is 1. The summed E-state index contributed by atoms with van der Waals surface area (Å²) >= 11 is 12.1. The summed E-state index contributed by atoms with van der Waals surface area (Å²) in [4.78, 5) is 19.1. The fraction of sp³-hybridized carbons (Fsp3) is 0.280. The third-order valence-corrected chi connectivity index (χ3v) is 6.18. The summed E-state index contributed by atoms with van der Waals surface area (Å²) in [6.07, 6.45) is 1.91. The highest BCUT2D eigenvalue weighted by molar-refractivity contribution is 6.35. The summed E-state index contributed by atoms with van der Waals surface area (Å²) in [5.74, 6) is 0.526. The first-order chi connectivity index (χ1) is 15.3. The van der Waals surface area contributed by atoms with Gasteiger partial charge in [-0.3, -0.25) is 4.98 Å². The van der Waals surface area contributed by atoms with Gasteiger partial charge in [-0.15, -0.1) is 0 Å². The lowest BCUT2D eigenvalue weighted by molar-refractivity contribution is 0.200. The van der Waals surface area contributed by atoms with E-state index in [1.807, 2.05) is 48.7 Å². The average molecular weight is 470 g/mol. The molecule has 1 N–H and O–H groups in total. The van der Waals surface area contributed by atoms with Crippen molar-refractivity contribution >= 4 is 35.0 Å². The van der Waals surface area contributed by atoms with Gasteiger partial charge in [0.25, 0.3) is 0 Å². The number of aromatic nitrogens is 1. The lowest BCUT2D eigenvalue weighted by Crippen LogP contribution is -2.29. The van der Waals surface area contributed by atoms with Gasteiger partial charge in [-0.2, -0.15) is 0 Å². The number of rotatable bonds is 6. The molecule has 7 heteroatoms. The SMILES string of the molecule is CC1(C)CN(Cc2ccccn2)c2ccc(OC(=O)NCCc3ccc(Cl)cc3Cl)cc21. The number of halogens is 2. The van der Waals surface area contributed by atoms with Crippen molar-refractivity contribution in [2.24, 2.45) is 0 Å². The molecule has 5 nitrogen and oxygen atoms in total. The second kappa shape index (κ2) is 9.39. The van der Waals surface area contributed by atoms with Crippen molar-refractivity contribution < 1.29 is 9.53 Å². The van der Waals surface area contributed by atoms with Gasteiger partial charge < -0.3 is 15.0 Å². The second-order valence-corrected chi connectivity index (χ2v) is 9.39. The molecule has 0 atom stereocenters. The van der Waals surface area contributed by atoms with Crippen molar-refractivity contribution in [1.29, 1.82) is 0 Å². The number of benzene rings is 2. The highest BCUT2D eigenvalue weighted by atomic mass is 35.5. The van der Waals surface area contributed by atoms with Crippen LogP contribution in [0.3, 0.4) is 0 Å². The maximum atomic E-state index is 12.3. The van der Waals surface area contributed by atoms with Crippen LogP contribution in [-0.4, -0.2) is 24.2 Å². The predicted octanol–water partition coefficient (Wildman–Crippen LogP) is 6.02. The Morgan fingerprint density at radius 2 is 2.00 bits per heavy atom. The Labute approximate surface area is 198 Å². The lowest BCUT2D eigenvalue weighted by Gasteiger charge is -2.22. The minimum absolute atomic E-state index is 0.0642. The van der Waals surface area contributed by atoms with Crippen LogP contribution in [0.25, 0.3) is 0 Å². The van der Waals surface area contributed by atoms with Gasteiger partial charge in [0, 0.05) is 40.4 Å². The van der Waals surface area contributed by atoms with E-state index in [1.165, 1.54) is 0 Å². The van der Waals surface area contributed by atoms with Gasteiger partial charge in [0.15, 0.2) is 0 Å². The van der Waals surface area contributed by atoms with Crippen LogP contribution in [0.15, 0.2) is 60.8 Å². The molecule has 32 heavy (non-hydrogen) atoms. The van der Waals surface area contributed by atoms with E-state index in [1.54, 1.807) is 12.1 Å². The van der Waals surface area contributed by atoms with Gasteiger partial charge in [-0.25, -0.2) is 4.79 Å². The Morgan fingerprint density at radius 3 is 2.75 bits per heavy atom. The molecule has 0 fully saturated rings. The van der Waals surface area contributed by atoms with Crippen molar-refractivity contribution in [3.05, 3.63) is 87.7 Å². The number of carbonyl (C=O) groups excluding carboxylic acids is 1. The second-order valence-electron chi connectivity index (χ2n) is 8.54. The Morgan fingerprint density at radius 1 is 1.16 bits per heavy atom. The predicted molar refractivity (Wildman–Crippen MR) is 129 cm³/mol. The molecule has 0 saturated heterocycles. The molecule has 2 heterocycles. The normalized spacial score (nSPS) is 14.2. The number of nitrogens with one attached hydrogen (secondary N) is 1. The minimum Gasteiger partial charge on any atom is -0.410 e. The molecule has 1 amide bonds. The number of fused-ring (bicyclic) bond motifs is 1. The van der Waals surface area contributed by atoms with Crippen LogP contribution >= 0.6 is 23.2 Å². The molecule has 0 spiro atoms. The molecule has 0 radical (unpaired) electrons. The topological polar surface area (TPSA) is 54.5 Å². The van der Waals surface area contributed by atoms with Crippen molar-refractivity contribution in [2.45, 2.75) is 32.2 Å². The van der Waals surface area contributed by atoms with Crippen LogP contribution in [0.4, 0.5) is 10.5 Å². The standard InChI is InChI=1S/C25H25Cl2N3O2/c1-25(2)16-30(15-19-5-3-4-11-28-19)23-9-8-20(14-21(23)25)32-24(31)29-12-10-17-6-7-18(26)13-22(17)27/h3-9,11,13-14H,10,12,15-16H2,1-2H3,(H,29,31). The quantitative estimate of drug-likeness (QED) is 0.479. The zero-order valence-electron chi connectivity index (χ0n) is 18.1. The molecule has 1 aliphatic rings. The van der Waals surface area contributed by atoms with E-state index in [0.717, 1.165) is 35.6 Å². The molecule has 1 aromatic heterocycles. The largest absolute Gasteiger partial charge is 0.412 e. The summed E-state index contributed by atoms with van der Waals surface area (Å²) in [6, 6.07) is 17.1. The number of amides is 1. The monoisotopic (exact) mass is 469 g/mol. The Bertz CT molecular complexity index is 1120. The van der Waals surface area contributed by atoms with Gasteiger partial charge >= 0.3 is 6.09 Å². The van der Waals surface area contributed by atoms with E-state index in [9.17, 15) is 4.79 Å². The third-order valence-electron chi connectivity index (χ3n) is 5.59. The third kappa shape index (κ3) is 5.17. The molecular weight excluding hydrogens is 445 g/mol. The summed E-state index contributed by atoms with van der Waals surface area (Å²) in [5.41, 5.74) is 4.18. The van der Waals surface area contributed by atoms with Gasteiger partial charge in [0.05, 0.1) is 12.2 Å².